The van der Waals surface area contributed by atoms with Gasteiger partial charge in [0.25, 0.3) is 0 Å². The molecule has 6 heteroatoms. The zero-order valence-electron chi connectivity index (χ0n) is 14.8. The van der Waals surface area contributed by atoms with E-state index in [2.05, 4.69) is 46.4 Å². The van der Waals surface area contributed by atoms with Gasteiger partial charge in [0, 0.05) is 45.0 Å². The standard InChI is InChI=1S/C17H30N4O2/c1-12-5-13(2)21(18-12)16-8-20(9-16)11-17(22)10-19-6-14(3)23-15(4)7-19/h5,14-17,22H,6-11H2,1-4H3/t14-,15-,17-/m1/s1. The molecule has 0 amide bonds. The summed E-state index contributed by atoms with van der Waals surface area (Å²) in [5.74, 6) is 0. The van der Waals surface area contributed by atoms with E-state index in [-0.39, 0.29) is 18.3 Å². The van der Waals surface area contributed by atoms with Crippen LogP contribution in [0.5, 0.6) is 0 Å². The van der Waals surface area contributed by atoms with Gasteiger partial charge in [-0.05, 0) is 33.8 Å². The van der Waals surface area contributed by atoms with Crippen LogP contribution in [0.2, 0.25) is 0 Å². The number of hydrogen-bond donors (Lipinski definition) is 1. The maximum absolute atomic E-state index is 10.4. The smallest absolute Gasteiger partial charge is 0.0793 e. The normalized spacial score (nSPS) is 28.7. The fourth-order valence-electron chi connectivity index (χ4n) is 3.95. The summed E-state index contributed by atoms with van der Waals surface area (Å²) in [4.78, 5) is 4.64. The van der Waals surface area contributed by atoms with Gasteiger partial charge >= 0.3 is 0 Å². The van der Waals surface area contributed by atoms with E-state index in [1.54, 1.807) is 0 Å². The molecule has 1 N–H and O–H groups in total. The van der Waals surface area contributed by atoms with Crippen molar-refractivity contribution in [3.63, 3.8) is 0 Å². The quantitative estimate of drug-likeness (QED) is 0.870. The van der Waals surface area contributed by atoms with Crippen molar-refractivity contribution in [2.24, 2.45) is 0 Å². The number of likely N-dealkylation sites (tertiary alicyclic amines) is 1. The summed E-state index contributed by atoms with van der Waals surface area (Å²) < 4.78 is 7.87. The maximum Gasteiger partial charge on any atom is 0.0793 e. The van der Waals surface area contributed by atoms with E-state index in [4.69, 9.17) is 4.74 Å². The van der Waals surface area contributed by atoms with Gasteiger partial charge in [0.2, 0.25) is 0 Å². The molecule has 2 saturated heterocycles. The third-order valence-corrected chi connectivity index (χ3v) is 4.76. The van der Waals surface area contributed by atoms with Crippen molar-refractivity contribution in [1.82, 2.24) is 19.6 Å². The number of aliphatic hydroxyl groups is 1. The Bertz CT molecular complexity index is 517. The van der Waals surface area contributed by atoms with Crippen LogP contribution >= 0.6 is 0 Å². The van der Waals surface area contributed by atoms with Gasteiger partial charge in [-0.3, -0.25) is 14.5 Å². The average molecular weight is 322 g/mol. The van der Waals surface area contributed by atoms with E-state index in [1.165, 1.54) is 5.69 Å². The Morgan fingerprint density at radius 2 is 1.70 bits per heavy atom. The number of rotatable bonds is 5. The lowest BCUT2D eigenvalue weighted by molar-refractivity contribution is -0.0798. The monoisotopic (exact) mass is 322 g/mol. The molecule has 2 aliphatic rings. The molecule has 0 aliphatic carbocycles. The molecule has 6 nitrogen and oxygen atoms in total. The summed E-state index contributed by atoms with van der Waals surface area (Å²) in [5.41, 5.74) is 2.31. The number of β-amino-alcohol motifs (C(OH)–C–C–N with tert-alkyl or cyclic N) is 1. The van der Waals surface area contributed by atoms with Crippen molar-refractivity contribution in [2.75, 3.05) is 39.3 Å². The number of morpholine rings is 1. The fourth-order valence-corrected chi connectivity index (χ4v) is 3.95. The third kappa shape index (κ3) is 4.12. The van der Waals surface area contributed by atoms with Crippen molar-refractivity contribution in [3.05, 3.63) is 17.5 Å². The molecule has 3 heterocycles. The highest BCUT2D eigenvalue weighted by Crippen LogP contribution is 2.23. The Balaban J connectivity index is 1.42. The first-order chi connectivity index (χ1) is 10.9. The molecular weight excluding hydrogens is 292 g/mol. The first-order valence-corrected chi connectivity index (χ1v) is 8.71. The Morgan fingerprint density at radius 3 is 2.22 bits per heavy atom. The van der Waals surface area contributed by atoms with Crippen LogP contribution in [0, 0.1) is 13.8 Å². The van der Waals surface area contributed by atoms with Crippen molar-refractivity contribution < 1.29 is 9.84 Å². The van der Waals surface area contributed by atoms with Crippen molar-refractivity contribution in [1.29, 1.82) is 0 Å². The van der Waals surface area contributed by atoms with Crippen LogP contribution in [0.4, 0.5) is 0 Å². The van der Waals surface area contributed by atoms with Crippen LogP contribution in [-0.2, 0) is 4.74 Å². The molecule has 3 rings (SSSR count). The largest absolute Gasteiger partial charge is 0.390 e. The van der Waals surface area contributed by atoms with E-state index >= 15 is 0 Å². The average Bonchev–Trinajstić information content (AvgIpc) is 2.70. The molecule has 1 aromatic rings. The summed E-state index contributed by atoms with van der Waals surface area (Å²) in [6.45, 7) is 13.6. The van der Waals surface area contributed by atoms with Gasteiger partial charge in [-0.15, -0.1) is 0 Å². The molecule has 0 aromatic carbocycles. The molecule has 130 valence electrons. The first kappa shape index (κ1) is 16.9. The van der Waals surface area contributed by atoms with Crippen LogP contribution in [0.1, 0.15) is 31.3 Å². The van der Waals surface area contributed by atoms with Gasteiger partial charge in [-0.2, -0.15) is 5.10 Å². The van der Waals surface area contributed by atoms with Crippen LogP contribution in [0.3, 0.4) is 0 Å². The minimum atomic E-state index is -0.297. The lowest BCUT2D eigenvalue weighted by Crippen LogP contribution is -2.54. The lowest BCUT2D eigenvalue weighted by Gasteiger charge is -2.42. The number of aliphatic hydroxyl groups excluding tert-OH is 1. The van der Waals surface area contributed by atoms with E-state index in [1.807, 2.05) is 6.92 Å². The minimum Gasteiger partial charge on any atom is -0.390 e. The number of hydrogen-bond acceptors (Lipinski definition) is 5. The summed E-state index contributed by atoms with van der Waals surface area (Å²) in [6, 6.07) is 2.58. The molecule has 0 radical (unpaired) electrons. The number of aryl methyl sites for hydroxylation is 2. The SMILES string of the molecule is Cc1cc(C)n(C2CN(C[C@H](O)CN3C[C@@H](C)O[C@H](C)C3)C2)n1. The molecule has 23 heavy (non-hydrogen) atoms. The molecular formula is C17H30N4O2. The molecule has 2 aliphatic heterocycles. The predicted molar refractivity (Wildman–Crippen MR) is 89.6 cm³/mol. The van der Waals surface area contributed by atoms with Crippen LogP contribution < -0.4 is 0 Å². The van der Waals surface area contributed by atoms with Crippen molar-refractivity contribution in [3.8, 4) is 0 Å². The highest BCUT2D eigenvalue weighted by molar-refractivity contribution is 5.09. The summed E-state index contributed by atoms with van der Waals surface area (Å²) in [7, 11) is 0. The van der Waals surface area contributed by atoms with Crippen molar-refractivity contribution in [2.45, 2.75) is 52.0 Å². The van der Waals surface area contributed by atoms with Crippen molar-refractivity contribution >= 4 is 0 Å². The van der Waals surface area contributed by atoms with Gasteiger partial charge in [0.15, 0.2) is 0 Å². The Hall–Kier alpha value is -0.950. The van der Waals surface area contributed by atoms with E-state index in [9.17, 15) is 5.11 Å². The molecule has 3 atom stereocenters. The summed E-state index contributed by atoms with van der Waals surface area (Å²) >= 11 is 0. The predicted octanol–water partition coefficient (Wildman–Crippen LogP) is 0.827. The van der Waals surface area contributed by atoms with Crippen LogP contribution in [0.15, 0.2) is 6.07 Å². The molecule has 1 aromatic heterocycles. The molecule has 0 unspecified atom stereocenters. The summed E-state index contributed by atoms with van der Waals surface area (Å²) in [5, 5.41) is 14.9. The zero-order valence-corrected chi connectivity index (χ0v) is 14.8. The molecule has 0 saturated carbocycles. The fraction of sp³-hybridized carbons (Fsp3) is 0.824. The second-order valence-electron chi connectivity index (χ2n) is 7.37. The number of ether oxygens (including phenoxy) is 1. The van der Waals surface area contributed by atoms with Gasteiger partial charge < -0.3 is 9.84 Å². The van der Waals surface area contributed by atoms with E-state index in [0.29, 0.717) is 6.04 Å². The minimum absolute atomic E-state index is 0.255. The van der Waals surface area contributed by atoms with Crippen LogP contribution in [-0.4, -0.2) is 82.3 Å². The van der Waals surface area contributed by atoms with Crippen LogP contribution in [0.25, 0.3) is 0 Å². The first-order valence-electron chi connectivity index (χ1n) is 8.71. The molecule has 2 fully saturated rings. The number of aromatic nitrogens is 2. The summed E-state index contributed by atoms with van der Waals surface area (Å²) in [6.07, 6.45) is 0.213. The van der Waals surface area contributed by atoms with Gasteiger partial charge in [-0.25, -0.2) is 0 Å². The third-order valence-electron chi connectivity index (χ3n) is 4.76. The topological polar surface area (TPSA) is 53.8 Å². The highest BCUT2D eigenvalue weighted by Gasteiger charge is 2.32. The Morgan fingerprint density at radius 1 is 1.13 bits per heavy atom. The molecule has 0 bridgehead atoms. The second-order valence-corrected chi connectivity index (χ2v) is 7.37. The van der Waals surface area contributed by atoms with Gasteiger partial charge in [0.1, 0.15) is 0 Å². The zero-order chi connectivity index (χ0) is 16.6. The number of nitrogens with zero attached hydrogens (tertiary/aromatic N) is 4. The Kier molecular flexibility index (Phi) is 5.06. The maximum atomic E-state index is 10.4. The highest BCUT2D eigenvalue weighted by atomic mass is 16.5. The molecule has 0 spiro atoms. The van der Waals surface area contributed by atoms with E-state index < -0.39 is 0 Å². The van der Waals surface area contributed by atoms with Gasteiger partial charge in [0.05, 0.1) is 30.0 Å². The van der Waals surface area contributed by atoms with E-state index in [0.717, 1.165) is 45.0 Å². The van der Waals surface area contributed by atoms with Gasteiger partial charge in [-0.1, -0.05) is 0 Å². The Labute approximate surface area is 139 Å². The second kappa shape index (κ2) is 6.89. The lowest BCUT2D eigenvalue weighted by atomic mass is 10.1.